The Kier molecular flexibility index (Phi) is 3.85. The van der Waals surface area contributed by atoms with Gasteiger partial charge in [-0.2, -0.15) is 5.10 Å². The Hall–Kier alpha value is -1.65. The number of halogens is 2. The molecule has 0 atom stereocenters. The Balaban J connectivity index is 2.02. The smallest absolute Gasteiger partial charge is 0.157 e. The first kappa shape index (κ1) is 13.3. The first-order chi connectivity index (χ1) is 9.78. The lowest BCUT2D eigenvalue weighted by Gasteiger charge is -2.06. The highest BCUT2D eigenvalue weighted by Crippen LogP contribution is 2.22. The fourth-order valence-corrected chi connectivity index (χ4v) is 2.57. The Morgan fingerprint density at radius 1 is 1.10 bits per heavy atom. The average molecular weight is 349 g/mol. The van der Waals surface area contributed by atoms with Crippen LogP contribution in [-0.4, -0.2) is 14.8 Å². The molecule has 0 aliphatic heterocycles. The zero-order valence-corrected chi connectivity index (χ0v) is 12.8. The SMILES string of the molecule is ClCc1cc(Br)cnc1-n1cc(-c2ccccc2)cn1. The van der Waals surface area contributed by atoms with Gasteiger partial charge in [0.2, 0.25) is 0 Å². The molecule has 3 nitrogen and oxygen atoms in total. The molecule has 2 heterocycles. The number of rotatable bonds is 3. The average Bonchev–Trinajstić information content (AvgIpc) is 2.97. The summed E-state index contributed by atoms with van der Waals surface area (Å²) >= 11 is 9.38. The lowest BCUT2D eigenvalue weighted by Crippen LogP contribution is -2.02. The third-order valence-corrected chi connectivity index (χ3v) is 3.68. The van der Waals surface area contributed by atoms with E-state index < -0.39 is 0 Å². The largest absolute Gasteiger partial charge is 0.236 e. The minimum atomic E-state index is 0.391. The molecule has 0 saturated heterocycles. The van der Waals surface area contributed by atoms with E-state index in [0.29, 0.717) is 5.88 Å². The maximum Gasteiger partial charge on any atom is 0.157 e. The van der Waals surface area contributed by atoms with Crippen LogP contribution < -0.4 is 0 Å². The van der Waals surface area contributed by atoms with Crippen LogP contribution in [0.15, 0.2) is 59.5 Å². The molecule has 0 fully saturated rings. The van der Waals surface area contributed by atoms with Crippen molar-refractivity contribution in [1.29, 1.82) is 0 Å². The van der Waals surface area contributed by atoms with Gasteiger partial charge in [0.05, 0.1) is 12.1 Å². The van der Waals surface area contributed by atoms with E-state index in [1.807, 2.05) is 36.7 Å². The Labute approximate surface area is 130 Å². The van der Waals surface area contributed by atoms with Gasteiger partial charge in [-0.1, -0.05) is 30.3 Å². The van der Waals surface area contributed by atoms with Crippen LogP contribution in [-0.2, 0) is 5.88 Å². The summed E-state index contributed by atoms with van der Waals surface area (Å²) in [6.07, 6.45) is 5.54. The molecule has 0 bridgehead atoms. The second-order valence-corrected chi connectivity index (χ2v) is 5.49. The molecule has 3 rings (SSSR count). The molecule has 5 heteroatoms. The van der Waals surface area contributed by atoms with Crippen molar-refractivity contribution >= 4 is 27.5 Å². The van der Waals surface area contributed by atoms with E-state index in [-0.39, 0.29) is 0 Å². The third kappa shape index (κ3) is 2.62. The molecule has 0 saturated carbocycles. The van der Waals surface area contributed by atoms with Crippen molar-refractivity contribution in [2.45, 2.75) is 5.88 Å². The Morgan fingerprint density at radius 3 is 2.65 bits per heavy atom. The standard InChI is InChI=1S/C15H11BrClN3/c16-14-6-12(7-17)15(18-9-14)20-10-13(8-19-20)11-4-2-1-3-5-11/h1-6,8-10H,7H2. The zero-order chi connectivity index (χ0) is 13.9. The van der Waals surface area contributed by atoms with Crippen LogP contribution in [0.1, 0.15) is 5.56 Å². The molecule has 0 unspecified atom stereocenters. The third-order valence-electron chi connectivity index (χ3n) is 2.96. The van der Waals surface area contributed by atoms with Crippen LogP contribution in [0.4, 0.5) is 0 Å². The van der Waals surface area contributed by atoms with Crippen molar-refractivity contribution < 1.29 is 0 Å². The van der Waals surface area contributed by atoms with E-state index in [1.165, 1.54) is 0 Å². The second-order valence-electron chi connectivity index (χ2n) is 4.31. The summed E-state index contributed by atoms with van der Waals surface area (Å²) in [5, 5.41) is 4.38. The second kappa shape index (κ2) is 5.77. The molecule has 0 spiro atoms. The molecule has 0 amide bonds. The number of benzene rings is 1. The van der Waals surface area contributed by atoms with Gasteiger partial charge < -0.3 is 0 Å². The van der Waals surface area contributed by atoms with E-state index in [1.54, 1.807) is 10.9 Å². The van der Waals surface area contributed by atoms with Crippen molar-refractivity contribution in [2.24, 2.45) is 0 Å². The highest BCUT2D eigenvalue weighted by molar-refractivity contribution is 9.10. The number of nitrogens with zero attached hydrogens (tertiary/aromatic N) is 3. The molecule has 2 aromatic heterocycles. The highest BCUT2D eigenvalue weighted by atomic mass is 79.9. The molecule has 100 valence electrons. The van der Waals surface area contributed by atoms with E-state index in [9.17, 15) is 0 Å². The quantitative estimate of drug-likeness (QED) is 0.655. The lowest BCUT2D eigenvalue weighted by molar-refractivity contribution is 0.835. The fourth-order valence-electron chi connectivity index (χ4n) is 2.00. The molecule has 3 aromatic rings. The Morgan fingerprint density at radius 2 is 1.90 bits per heavy atom. The summed E-state index contributed by atoms with van der Waals surface area (Å²) < 4.78 is 2.67. The van der Waals surface area contributed by atoms with Gasteiger partial charge in [0.1, 0.15) is 0 Å². The molecule has 1 aromatic carbocycles. The minimum Gasteiger partial charge on any atom is -0.236 e. The zero-order valence-electron chi connectivity index (χ0n) is 10.5. The summed E-state index contributed by atoms with van der Waals surface area (Å²) in [4.78, 5) is 4.40. The molecular weight excluding hydrogens is 338 g/mol. The normalized spacial score (nSPS) is 10.7. The van der Waals surface area contributed by atoms with Gasteiger partial charge in [-0.3, -0.25) is 0 Å². The van der Waals surface area contributed by atoms with E-state index in [0.717, 1.165) is 27.0 Å². The van der Waals surface area contributed by atoms with Gasteiger partial charge >= 0.3 is 0 Å². The van der Waals surface area contributed by atoms with Crippen molar-refractivity contribution in [2.75, 3.05) is 0 Å². The van der Waals surface area contributed by atoms with Gasteiger partial charge in [0.25, 0.3) is 0 Å². The van der Waals surface area contributed by atoms with Gasteiger partial charge in [0.15, 0.2) is 5.82 Å². The van der Waals surface area contributed by atoms with Gasteiger partial charge in [-0.05, 0) is 27.6 Å². The van der Waals surface area contributed by atoms with Crippen LogP contribution >= 0.6 is 27.5 Å². The summed E-state index contributed by atoms with van der Waals surface area (Å²) in [6.45, 7) is 0. The van der Waals surface area contributed by atoms with E-state index in [2.05, 4.69) is 38.1 Å². The summed E-state index contributed by atoms with van der Waals surface area (Å²) in [5.41, 5.74) is 3.11. The maximum absolute atomic E-state index is 5.98. The van der Waals surface area contributed by atoms with Crippen LogP contribution in [0.2, 0.25) is 0 Å². The fraction of sp³-hybridized carbons (Fsp3) is 0.0667. The summed E-state index contributed by atoms with van der Waals surface area (Å²) in [5.74, 6) is 1.15. The number of aromatic nitrogens is 3. The summed E-state index contributed by atoms with van der Waals surface area (Å²) in [7, 11) is 0. The monoisotopic (exact) mass is 347 g/mol. The van der Waals surface area contributed by atoms with Gasteiger partial charge in [0, 0.05) is 28.0 Å². The lowest BCUT2D eigenvalue weighted by atomic mass is 10.1. The topological polar surface area (TPSA) is 30.7 Å². The maximum atomic E-state index is 5.98. The number of pyridine rings is 1. The van der Waals surface area contributed by atoms with Gasteiger partial charge in [-0.25, -0.2) is 9.67 Å². The van der Waals surface area contributed by atoms with Crippen molar-refractivity contribution in [3.8, 4) is 16.9 Å². The molecular formula is C15H11BrClN3. The van der Waals surface area contributed by atoms with E-state index in [4.69, 9.17) is 11.6 Å². The van der Waals surface area contributed by atoms with Crippen LogP contribution in [0, 0.1) is 0 Å². The van der Waals surface area contributed by atoms with Crippen molar-refractivity contribution in [3.05, 3.63) is 65.0 Å². The molecule has 0 radical (unpaired) electrons. The van der Waals surface area contributed by atoms with Crippen LogP contribution in [0.3, 0.4) is 0 Å². The minimum absolute atomic E-state index is 0.391. The number of alkyl halides is 1. The van der Waals surface area contributed by atoms with E-state index >= 15 is 0 Å². The van der Waals surface area contributed by atoms with Crippen LogP contribution in [0.5, 0.6) is 0 Å². The highest BCUT2D eigenvalue weighted by Gasteiger charge is 2.09. The van der Waals surface area contributed by atoms with Crippen molar-refractivity contribution in [1.82, 2.24) is 14.8 Å². The first-order valence-corrected chi connectivity index (χ1v) is 7.41. The Bertz CT molecular complexity index is 725. The molecule has 20 heavy (non-hydrogen) atoms. The molecule has 0 aliphatic carbocycles. The molecule has 0 aliphatic rings. The summed E-state index contributed by atoms with van der Waals surface area (Å²) in [6, 6.07) is 12.1. The molecule has 0 N–H and O–H groups in total. The van der Waals surface area contributed by atoms with Crippen LogP contribution in [0.25, 0.3) is 16.9 Å². The first-order valence-electron chi connectivity index (χ1n) is 6.09. The predicted octanol–water partition coefficient (Wildman–Crippen LogP) is 4.44. The number of hydrogen-bond donors (Lipinski definition) is 0. The predicted molar refractivity (Wildman–Crippen MR) is 84.1 cm³/mol. The van der Waals surface area contributed by atoms with Gasteiger partial charge in [-0.15, -0.1) is 11.6 Å². The number of hydrogen-bond acceptors (Lipinski definition) is 2. The van der Waals surface area contributed by atoms with Crippen molar-refractivity contribution in [3.63, 3.8) is 0 Å².